The Hall–Kier alpha value is 0.310. The molecule has 1 heterocycles. The third-order valence-electron chi connectivity index (χ3n) is 3.63. The van der Waals surface area contributed by atoms with Crippen molar-refractivity contribution < 1.29 is 0 Å². The number of hydrogen-bond donors (Lipinski definition) is 1. The molecule has 0 radical (unpaired) electrons. The van der Waals surface area contributed by atoms with Gasteiger partial charge in [-0.05, 0) is 37.9 Å². The Labute approximate surface area is 86.0 Å². The highest BCUT2D eigenvalue weighted by Gasteiger charge is 2.41. The minimum Gasteiger partial charge on any atom is -0.300 e. The number of rotatable bonds is 0. The second-order valence-electron chi connectivity index (χ2n) is 4.72. The van der Waals surface area contributed by atoms with Crippen LogP contribution in [0.1, 0.15) is 46.0 Å². The van der Waals surface area contributed by atoms with Gasteiger partial charge in [-0.2, -0.15) is 0 Å². The molecule has 1 spiro atoms. The van der Waals surface area contributed by atoms with Crippen molar-refractivity contribution in [3.63, 3.8) is 0 Å². The molecule has 76 valence electrons. The minimum absolute atomic E-state index is 0.454. The van der Waals surface area contributed by atoms with Gasteiger partial charge >= 0.3 is 0 Å². The highest BCUT2D eigenvalue weighted by atomic mass is 32.2. The lowest BCUT2D eigenvalue weighted by Crippen LogP contribution is -2.55. The summed E-state index contributed by atoms with van der Waals surface area (Å²) in [5, 5.41) is 3.84. The van der Waals surface area contributed by atoms with Crippen molar-refractivity contribution in [1.82, 2.24) is 5.32 Å². The van der Waals surface area contributed by atoms with Crippen LogP contribution in [0.15, 0.2) is 0 Å². The van der Waals surface area contributed by atoms with E-state index in [1.165, 1.54) is 37.9 Å². The van der Waals surface area contributed by atoms with E-state index in [4.69, 9.17) is 0 Å². The lowest BCUT2D eigenvalue weighted by molar-refractivity contribution is 0.222. The van der Waals surface area contributed by atoms with Crippen LogP contribution in [0.5, 0.6) is 0 Å². The van der Waals surface area contributed by atoms with Gasteiger partial charge in [0.1, 0.15) is 0 Å². The van der Waals surface area contributed by atoms with E-state index in [9.17, 15) is 0 Å². The predicted octanol–water partition coefficient (Wildman–Crippen LogP) is 3.01. The lowest BCUT2D eigenvalue weighted by atomic mass is 9.84. The van der Waals surface area contributed by atoms with Crippen molar-refractivity contribution in [2.24, 2.45) is 5.92 Å². The van der Waals surface area contributed by atoms with Crippen LogP contribution in [0, 0.1) is 5.92 Å². The molecule has 1 N–H and O–H groups in total. The molecular formula is C11H21NS. The first kappa shape index (κ1) is 9.85. The Bertz CT molecular complexity index is 179. The Morgan fingerprint density at radius 2 is 2.08 bits per heavy atom. The van der Waals surface area contributed by atoms with Gasteiger partial charge in [0.15, 0.2) is 0 Å². The van der Waals surface area contributed by atoms with Crippen LogP contribution in [0.3, 0.4) is 0 Å². The zero-order valence-corrected chi connectivity index (χ0v) is 9.62. The molecular weight excluding hydrogens is 178 g/mol. The van der Waals surface area contributed by atoms with Crippen molar-refractivity contribution in [2.75, 3.05) is 5.75 Å². The molecule has 13 heavy (non-hydrogen) atoms. The number of thioether (sulfide) groups is 1. The maximum atomic E-state index is 3.84. The van der Waals surface area contributed by atoms with E-state index in [0.717, 1.165) is 12.0 Å². The quantitative estimate of drug-likeness (QED) is 0.643. The molecule has 1 aliphatic carbocycles. The van der Waals surface area contributed by atoms with Crippen LogP contribution in [0.2, 0.25) is 0 Å². The van der Waals surface area contributed by atoms with Crippen molar-refractivity contribution >= 4 is 11.8 Å². The minimum atomic E-state index is 0.454. The van der Waals surface area contributed by atoms with Crippen molar-refractivity contribution in [3.8, 4) is 0 Å². The second kappa shape index (κ2) is 3.82. The highest BCUT2D eigenvalue weighted by molar-refractivity contribution is 8.00. The Morgan fingerprint density at radius 1 is 1.23 bits per heavy atom. The molecule has 2 aliphatic rings. The van der Waals surface area contributed by atoms with Crippen LogP contribution in [-0.2, 0) is 0 Å². The van der Waals surface area contributed by atoms with Crippen molar-refractivity contribution in [2.45, 2.75) is 56.9 Å². The summed E-state index contributed by atoms with van der Waals surface area (Å²) < 4.78 is 0. The Morgan fingerprint density at radius 3 is 2.77 bits per heavy atom. The molecule has 2 heteroatoms. The Balaban J connectivity index is 2.07. The van der Waals surface area contributed by atoms with E-state index in [2.05, 4.69) is 30.9 Å². The molecule has 2 rings (SSSR count). The average molecular weight is 199 g/mol. The van der Waals surface area contributed by atoms with Gasteiger partial charge < -0.3 is 5.32 Å². The fourth-order valence-electron chi connectivity index (χ4n) is 2.70. The summed E-state index contributed by atoms with van der Waals surface area (Å²) in [6.45, 7) is 4.76. The van der Waals surface area contributed by atoms with Gasteiger partial charge in [-0.3, -0.25) is 0 Å². The summed E-state index contributed by atoms with van der Waals surface area (Å²) >= 11 is 2.19. The Kier molecular flexibility index (Phi) is 2.89. The van der Waals surface area contributed by atoms with Crippen LogP contribution in [0.25, 0.3) is 0 Å². The molecule has 1 saturated heterocycles. The first-order valence-corrected chi connectivity index (χ1v) is 6.63. The van der Waals surface area contributed by atoms with E-state index in [1.807, 2.05) is 0 Å². The van der Waals surface area contributed by atoms with E-state index in [0.29, 0.717) is 4.87 Å². The number of hydrogen-bond acceptors (Lipinski definition) is 2. The van der Waals surface area contributed by atoms with Gasteiger partial charge in [-0.15, -0.1) is 11.8 Å². The van der Waals surface area contributed by atoms with E-state index >= 15 is 0 Å². The molecule has 1 aliphatic heterocycles. The fraction of sp³-hybridized carbons (Fsp3) is 1.00. The zero-order chi connectivity index (χ0) is 9.31. The SMILES string of the molecule is CC1CCSC2(CCCCC2C)N1. The predicted molar refractivity (Wildman–Crippen MR) is 60.0 cm³/mol. The van der Waals surface area contributed by atoms with Crippen molar-refractivity contribution in [1.29, 1.82) is 0 Å². The van der Waals surface area contributed by atoms with E-state index < -0.39 is 0 Å². The van der Waals surface area contributed by atoms with Gasteiger partial charge in [-0.1, -0.05) is 19.8 Å². The normalized spacial score (nSPS) is 46.6. The molecule has 1 saturated carbocycles. The smallest absolute Gasteiger partial charge is 0.0673 e. The summed E-state index contributed by atoms with van der Waals surface area (Å²) in [5.74, 6) is 2.23. The maximum absolute atomic E-state index is 3.84. The molecule has 0 amide bonds. The summed E-state index contributed by atoms with van der Waals surface area (Å²) in [6.07, 6.45) is 7.03. The molecule has 0 aromatic rings. The van der Waals surface area contributed by atoms with E-state index in [-0.39, 0.29) is 0 Å². The van der Waals surface area contributed by atoms with Gasteiger partial charge in [0.05, 0.1) is 4.87 Å². The molecule has 0 bridgehead atoms. The number of nitrogens with one attached hydrogen (secondary N) is 1. The summed E-state index contributed by atoms with van der Waals surface area (Å²) in [6, 6.07) is 0.738. The van der Waals surface area contributed by atoms with Gasteiger partial charge in [0.25, 0.3) is 0 Å². The topological polar surface area (TPSA) is 12.0 Å². The largest absolute Gasteiger partial charge is 0.300 e. The lowest BCUT2D eigenvalue weighted by Gasteiger charge is -2.47. The maximum Gasteiger partial charge on any atom is 0.0673 e. The highest BCUT2D eigenvalue weighted by Crippen LogP contribution is 2.44. The van der Waals surface area contributed by atoms with Crippen LogP contribution >= 0.6 is 11.8 Å². The first-order chi connectivity index (χ1) is 6.23. The molecule has 0 aromatic carbocycles. The van der Waals surface area contributed by atoms with Gasteiger partial charge in [0, 0.05) is 6.04 Å². The second-order valence-corrected chi connectivity index (χ2v) is 6.14. The first-order valence-electron chi connectivity index (χ1n) is 5.64. The van der Waals surface area contributed by atoms with Crippen LogP contribution in [0.4, 0.5) is 0 Å². The van der Waals surface area contributed by atoms with Gasteiger partial charge in [0.2, 0.25) is 0 Å². The molecule has 1 nitrogen and oxygen atoms in total. The average Bonchev–Trinajstić information content (AvgIpc) is 2.11. The monoisotopic (exact) mass is 199 g/mol. The molecule has 0 aromatic heterocycles. The third kappa shape index (κ3) is 1.89. The van der Waals surface area contributed by atoms with Crippen LogP contribution < -0.4 is 5.32 Å². The molecule has 2 fully saturated rings. The fourth-order valence-corrected chi connectivity index (χ4v) is 4.51. The summed E-state index contributed by atoms with van der Waals surface area (Å²) in [7, 11) is 0. The summed E-state index contributed by atoms with van der Waals surface area (Å²) in [5.41, 5.74) is 0. The third-order valence-corrected chi connectivity index (χ3v) is 5.31. The summed E-state index contributed by atoms with van der Waals surface area (Å²) in [4.78, 5) is 0.454. The standard InChI is InChI=1S/C11H21NS/c1-9-5-3-4-7-11(9)12-10(2)6-8-13-11/h9-10,12H,3-8H2,1-2H3. The zero-order valence-electron chi connectivity index (χ0n) is 8.81. The van der Waals surface area contributed by atoms with Crippen molar-refractivity contribution in [3.05, 3.63) is 0 Å². The molecule has 3 unspecified atom stereocenters. The van der Waals surface area contributed by atoms with Gasteiger partial charge in [-0.25, -0.2) is 0 Å². The molecule has 3 atom stereocenters. The van der Waals surface area contributed by atoms with Crippen LogP contribution in [-0.4, -0.2) is 16.7 Å². The van der Waals surface area contributed by atoms with E-state index in [1.54, 1.807) is 0 Å².